The molecule has 2 unspecified atom stereocenters. The normalized spacial score (nSPS) is 13.4. The van der Waals surface area contributed by atoms with Gasteiger partial charge in [0.1, 0.15) is 6.04 Å². The standard InChI is InChI=1S/C21H29N3O2S/c1-14(2)19(23-20(25)16-8-6-7-15(3)11-16)21(26)22-12-18(24(4)5)17-9-10-27-13-17/h6-11,13-14,18-19H,12H2,1-5H3,(H,22,26)(H,23,25). The molecule has 6 heteroatoms. The zero-order valence-corrected chi connectivity index (χ0v) is 17.5. The minimum atomic E-state index is -0.580. The average Bonchev–Trinajstić information content (AvgIpc) is 3.13. The molecule has 0 spiro atoms. The predicted octanol–water partition coefficient (Wildman–Crippen LogP) is 3.23. The Hall–Kier alpha value is -2.18. The summed E-state index contributed by atoms with van der Waals surface area (Å²) in [5.74, 6) is -0.402. The van der Waals surface area contributed by atoms with Gasteiger partial charge in [0.25, 0.3) is 5.91 Å². The molecule has 27 heavy (non-hydrogen) atoms. The number of hydrogen-bond acceptors (Lipinski definition) is 4. The first-order chi connectivity index (χ1) is 12.8. The van der Waals surface area contributed by atoms with Crippen molar-refractivity contribution in [3.63, 3.8) is 0 Å². The Balaban J connectivity index is 2.03. The maximum atomic E-state index is 12.8. The van der Waals surface area contributed by atoms with Crippen LogP contribution in [0.5, 0.6) is 0 Å². The van der Waals surface area contributed by atoms with Gasteiger partial charge in [-0.15, -0.1) is 0 Å². The molecule has 2 amide bonds. The molecule has 2 atom stereocenters. The Morgan fingerprint density at radius 1 is 1.19 bits per heavy atom. The van der Waals surface area contributed by atoms with Crippen molar-refractivity contribution in [2.45, 2.75) is 32.9 Å². The van der Waals surface area contributed by atoms with Gasteiger partial charge in [-0.3, -0.25) is 9.59 Å². The van der Waals surface area contributed by atoms with E-state index in [2.05, 4.69) is 27.0 Å². The van der Waals surface area contributed by atoms with E-state index < -0.39 is 6.04 Å². The summed E-state index contributed by atoms with van der Waals surface area (Å²) >= 11 is 1.64. The van der Waals surface area contributed by atoms with E-state index in [1.165, 1.54) is 5.56 Å². The number of carbonyl (C=O) groups is 2. The van der Waals surface area contributed by atoms with Gasteiger partial charge in [0, 0.05) is 12.1 Å². The molecule has 0 saturated heterocycles. The zero-order chi connectivity index (χ0) is 20.0. The van der Waals surface area contributed by atoms with Crippen molar-refractivity contribution in [2.75, 3.05) is 20.6 Å². The van der Waals surface area contributed by atoms with Crippen molar-refractivity contribution >= 4 is 23.2 Å². The highest BCUT2D eigenvalue weighted by Gasteiger charge is 2.26. The van der Waals surface area contributed by atoms with E-state index in [4.69, 9.17) is 0 Å². The lowest BCUT2D eigenvalue weighted by Crippen LogP contribution is -2.51. The maximum Gasteiger partial charge on any atom is 0.251 e. The van der Waals surface area contributed by atoms with E-state index in [1.807, 2.05) is 58.4 Å². The summed E-state index contributed by atoms with van der Waals surface area (Å²) in [5, 5.41) is 10.0. The second-order valence-electron chi connectivity index (χ2n) is 7.35. The molecule has 0 aliphatic carbocycles. The Bertz CT molecular complexity index is 757. The maximum absolute atomic E-state index is 12.8. The van der Waals surface area contributed by atoms with Crippen LogP contribution in [0.3, 0.4) is 0 Å². The lowest BCUT2D eigenvalue weighted by molar-refractivity contribution is -0.124. The van der Waals surface area contributed by atoms with Crippen LogP contribution in [0.1, 0.15) is 41.4 Å². The minimum Gasteiger partial charge on any atom is -0.352 e. The van der Waals surface area contributed by atoms with Crippen molar-refractivity contribution in [1.29, 1.82) is 0 Å². The third kappa shape index (κ3) is 5.91. The number of benzene rings is 1. The van der Waals surface area contributed by atoms with Crippen LogP contribution in [0.4, 0.5) is 0 Å². The van der Waals surface area contributed by atoms with E-state index in [0.29, 0.717) is 12.1 Å². The Morgan fingerprint density at radius 3 is 2.48 bits per heavy atom. The van der Waals surface area contributed by atoms with Crippen LogP contribution in [-0.4, -0.2) is 43.4 Å². The van der Waals surface area contributed by atoms with Crippen LogP contribution in [0.25, 0.3) is 0 Å². The van der Waals surface area contributed by atoms with E-state index in [-0.39, 0.29) is 23.8 Å². The van der Waals surface area contributed by atoms with Gasteiger partial charge in [-0.05, 0) is 61.5 Å². The molecular weight excluding hydrogens is 358 g/mol. The molecule has 1 heterocycles. The molecule has 2 rings (SSSR count). The number of aryl methyl sites for hydroxylation is 1. The summed E-state index contributed by atoms with van der Waals surface area (Å²) in [6.07, 6.45) is 0. The van der Waals surface area contributed by atoms with E-state index in [0.717, 1.165) is 5.56 Å². The number of thiophene rings is 1. The van der Waals surface area contributed by atoms with Gasteiger partial charge in [0.2, 0.25) is 5.91 Å². The molecule has 1 aromatic carbocycles. The highest BCUT2D eigenvalue weighted by Crippen LogP contribution is 2.20. The first-order valence-corrected chi connectivity index (χ1v) is 10.1. The SMILES string of the molecule is Cc1cccc(C(=O)NC(C(=O)NCC(c2ccsc2)N(C)C)C(C)C)c1. The third-order valence-corrected chi connectivity index (χ3v) is 5.24. The number of hydrogen-bond donors (Lipinski definition) is 2. The first kappa shape index (κ1) is 21.1. The van der Waals surface area contributed by atoms with Crippen molar-refractivity contribution in [3.8, 4) is 0 Å². The van der Waals surface area contributed by atoms with Gasteiger partial charge in [-0.2, -0.15) is 11.3 Å². The number of nitrogens with one attached hydrogen (secondary N) is 2. The van der Waals surface area contributed by atoms with Crippen molar-refractivity contribution < 1.29 is 9.59 Å². The molecule has 0 fully saturated rings. The average molecular weight is 388 g/mol. The largest absolute Gasteiger partial charge is 0.352 e. The first-order valence-electron chi connectivity index (χ1n) is 9.13. The summed E-state index contributed by atoms with van der Waals surface area (Å²) in [7, 11) is 3.99. The van der Waals surface area contributed by atoms with Crippen molar-refractivity contribution in [3.05, 3.63) is 57.8 Å². The lowest BCUT2D eigenvalue weighted by Gasteiger charge is -2.27. The second-order valence-corrected chi connectivity index (χ2v) is 8.13. The monoisotopic (exact) mass is 387 g/mol. The number of carbonyl (C=O) groups excluding carboxylic acids is 2. The minimum absolute atomic E-state index is 0.0160. The fourth-order valence-electron chi connectivity index (χ4n) is 2.92. The van der Waals surface area contributed by atoms with E-state index >= 15 is 0 Å². The molecule has 146 valence electrons. The van der Waals surface area contributed by atoms with Gasteiger partial charge in [0.15, 0.2) is 0 Å². The summed E-state index contributed by atoms with van der Waals surface area (Å²) in [4.78, 5) is 27.4. The smallest absolute Gasteiger partial charge is 0.251 e. The molecule has 0 saturated carbocycles. The number of nitrogens with zero attached hydrogens (tertiary/aromatic N) is 1. The Kier molecular flexibility index (Phi) is 7.56. The molecule has 2 aromatic rings. The third-order valence-electron chi connectivity index (χ3n) is 4.54. The summed E-state index contributed by atoms with van der Waals surface area (Å²) < 4.78 is 0. The van der Waals surface area contributed by atoms with Gasteiger partial charge >= 0.3 is 0 Å². The van der Waals surface area contributed by atoms with Crippen molar-refractivity contribution in [2.24, 2.45) is 5.92 Å². The van der Waals surface area contributed by atoms with Gasteiger partial charge < -0.3 is 15.5 Å². The van der Waals surface area contributed by atoms with Crippen LogP contribution >= 0.6 is 11.3 Å². The summed E-state index contributed by atoms with van der Waals surface area (Å²) in [6, 6.07) is 8.95. The van der Waals surface area contributed by atoms with Gasteiger partial charge in [-0.1, -0.05) is 31.5 Å². The molecule has 0 aliphatic heterocycles. The molecule has 0 radical (unpaired) electrons. The molecule has 5 nitrogen and oxygen atoms in total. The number of rotatable bonds is 8. The zero-order valence-electron chi connectivity index (χ0n) is 16.7. The quantitative estimate of drug-likeness (QED) is 0.731. The van der Waals surface area contributed by atoms with Gasteiger partial charge in [0.05, 0.1) is 6.04 Å². The lowest BCUT2D eigenvalue weighted by atomic mass is 10.0. The molecule has 0 bridgehead atoms. The summed E-state index contributed by atoms with van der Waals surface area (Å²) in [5.41, 5.74) is 2.76. The highest BCUT2D eigenvalue weighted by molar-refractivity contribution is 7.07. The van der Waals surface area contributed by atoms with Crippen molar-refractivity contribution in [1.82, 2.24) is 15.5 Å². The molecular formula is C21H29N3O2S. The Labute approximate surface area is 165 Å². The van der Waals surface area contributed by atoms with Crippen LogP contribution in [0.15, 0.2) is 41.1 Å². The number of likely N-dealkylation sites (N-methyl/N-ethyl adjacent to an activating group) is 1. The van der Waals surface area contributed by atoms with E-state index in [1.54, 1.807) is 17.4 Å². The second kappa shape index (κ2) is 9.67. The topological polar surface area (TPSA) is 61.4 Å². The molecule has 2 N–H and O–H groups in total. The molecule has 1 aromatic heterocycles. The van der Waals surface area contributed by atoms with Crippen LogP contribution < -0.4 is 10.6 Å². The molecule has 0 aliphatic rings. The fraction of sp³-hybridized carbons (Fsp3) is 0.429. The van der Waals surface area contributed by atoms with Gasteiger partial charge in [-0.25, -0.2) is 0 Å². The fourth-order valence-corrected chi connectivity index (χ4v) is 3.62. The van der Waals surface area contributed by atoms with Crippen LogP contribution in [0, 0.1) is 12.8 Å². The van der Waals surface area contributed by atoms with Crippen LogP contribution in [0.2, 0.25) is 0 Å². The summed E-state index contributed by atoms with van der Waals surface area (Å²) in [6.45, 7) is 6.30. The van der Waals surface area contributed by atoms with E-state index in [9.17, 15) is 9.59 Å². The highest BCUT2D eigenvalue weighted by atomic mass is 32.1. The number of amides is 2. The van der Waals surface area contributed by atoms with Crippen LogP contribution in [-0.2, 0) is 4.79 Å². The Morgan fingerprint density at radius 2 is 1.93 bits per heavy atom. The predicted molar refractivity (Wildman–Crippen MR) is 111 cm³/mol.